The molecular formula is C14H23N3O. The first-order valence-corrected chi connectivity index (χ1v) is 6.39. The van der Waals surface area contributed by atoms with Crippen LogP contribution in [0.15, 0.2) is 30.3 Å². The van der Waals surface area contributed by atoms with Gasteiger partial charge in [-0.3, -0.25) is 9.69 Å². The van der Waals surface area contributed by atoms with Gasteiger partial charge >= 0.3 is 0 Å². The Labute approximate surface area is 109 Å². The highest BCUT2D eigenvalue weighted by Crippen LogP contribution is 2.10. The predicted octanol–water partition coefficient (Wildman–Crippen LogP) is 1.14. The molecule has 4 heteroatoms. The number of likely N-dealkylation sites (N-methyl/N-ethyl adjacent to an activating group) is 1. The third kappa shape index (κ3) is 5.29. The Balaban J connectivity index is 2.36. The second-order valence-electron chi connectivity index (χ2n) is 4.56. The molecule has 0 saturated carbocycles. The lowest BCUT2D eigenvalue weighted by atomic mass is 10.1. The summed E-state index contributed by atoms with van der Waals surface area (Å²) in [5.74, 6) is 0.0552. The lowest BCUT2D eigenvalue weighted by molar-refractivity contribution is -0.121. The minimum Gasteiger partial charge on any atom is -0.355 e. The average Bonchev–Trinajstić information content (AvgIpc) is 2.37. The number of nitrogens with zero attached hydrogens (tertiary/aromatic N) is 1. The van der Waals surface area contributed by atoms with E-state index in [0.29, 0.717) is 13.1 Å². The highest BCUT2D eigenvalue weighted by Gasteiger charge is 2.11. The minimum atomic E-state index is -0.0600. The van der Waals surface area contributed by atoms with Crippen molar-refractivity contribution in [1.82, 2.24) is 10.2 Å². The van der Waals surface area contributed by atoms with E-state index in [0.717, 1.165) is 18.5 Å². The van der Waals surface area contributed by atoms with Crippen molar-refractivity contribution < 1.29 is 4.79 Å². The van der Waals surface area contributed by atoms with Crippen LogP contribution in [0, 0.1) is 0 Å². The van der Waals surface area contributed by atoms with Crippen molar-refractivity contribution in [1.29, 1.82) is 0 Å². The number of benzene rings is 1. The quantitative estimate of drug-likeness (QED) is 0.762. The van der Waals surface area contributed by atoms with E-state index in [2.05, 4.69) is 5.32 Å². The van der Waals surface area contributed by atoms with Gasteiger partial charge < -0.3 is 11.1 Å². The lowest BCUT2D eigenvalue weighted by Crippen LogP contribution is -2.38. The van der Waals surface area contributed by atoms with E-state index in [9.17, 15) is 4.79 Å². The van der Waals surface area contributed by atoms with Gasteiger partial charge in [0.2, 0.25) is 5.91 Å². The molecule has 0 saturated heterocycles. The summed E-state index contributed by atoms with van der Waals surface area (Å²) in [6.07, 6.45) is 0.957. The van der Waals surface area contributed by atoms with E-state index < -0.39 is 0 Å². The molecule has 0 aliphatic heterocycles. The predicted molar refractivity (Wildman–Crippen MR) is 74.2 cm³/mol. The minimum absolute atomic E-state index is 0.0552. The first-order chi connectivity index (χ1) is 8.63. The number of rotatable bonds is 7. The van der Waals surface area contributed by atoms with Crippen LogP contribution >= 0.6 is 0 Å². The molecule has 4 nitrogen and oxygen atoms in total. The molecule has 0 aliphatic carbocycles. The summed E-state index contributed by atoms with van der Waals surface area (Å²) in [4.78, 5) is 13.5. The summed E-state index contributed by atoms with van der Waals surface area (Å²) in [6, 6.07) is 9.88. The highest BCUT2D eigenvalue weighted by atomic mass is 16.2. The molecule has 100 valence electrons. The maximum Gasteiger partial charge on any atom is 0.234 e. The smallest absolute Gasteiger partial charge is 0.234 e. The van der Waals surface area contributed by atoms with Crippen molar-refractivity contribution in [2.45, 2.75) is 19.4 Å². The molecule has 0 spiro atoms. The van der Waals surface area contributed by atoms with Gasteiger partial charge in [-0.15, -0.1) is 0 Å². The zero-order chi connectivity index (χ0) is 13.4. The number of carbonyl (C=O) groups is 1. The first-order valence-electron chi connectivity index (χ1n) is 6.39. The maximum absolute atomic E-state index is 11.5. The van der Waals surface area contributed by atoms with Gasteiger partial charge in [-0.25, -0.2) is 0 Å². The Kier molecular flexibility index (Phi) is 6.39. The van der Waals surface area contributed by atoms with Gasteiger partial charge in [-0.1, -0.05) is 37.3 Å². The Hall–Kier alpha value is -1.39. The Morgan fingerprint density at radius 2 is 2.06 bits per heavy atom. The van der Waals surface area contributed by atoms with Gasteiger partial charge in [0.25, 0.3) is 0 Å². The van der Waals surface area contributed by atoms with Crippen LogP contribution in [-0.4, -0.2) is 37.5 Å². The fourth-order valence-corrected chi connectivity index (χ4v) is 1.77. The number of nitrogens with two attached hydrogens (primary N) is 1. The van der Waals surface area contributed by atoms with E-state index in [1.807, 2.05) is 49.2 Å². The molecule has 18 heavy (non-hydrogen) atoms. The number of amides is 1. The monoisotopic (exact) mass is 249 g/mol. The molecule has 1 unspecified atom stereocenters. The third-order valence-corrected chi connectivity index (χ3v) is 2.72. The van der Waals surface area contributed by atoms with Crippen LogP contribution < -0.4 is 11.1 Å². The average molecular weight is 249 g/mol. The van der Waals surface area contributed by atoms with Crippen LogP contribution in [-0.2, 0) is 4.79 Å². The van der Waals surface area contributed by atoms with E-state index in [1.165, 1.54) is 0 Å². The molecule has 1 rings (SSSR count). The van der Waals surface area contributed by atoms with Crippen LogP contribution in [0.4, 0.5) is 0 Å². The summed E-state index contributed by atoms with van der Waals surface area (Å²) >= 11 is 0. The van der Waals surface area contributed by atoms with E-state index in [1.54, 1.807) is 0 Å². The third-order valence-electron chi connectivity index (χ3n) is 2.72. The lowest BCUT2D eigenvalue weighted by Gasteiger charge is -2.21. The van der Waals surface area contributed by atoms with Crippen LogP contribution in [0.25, 0.3) is 0 Å². The number of hydrogen-bond donors (Lipinski definition) is 2. The SMILES string of the molecule is CCCNC(=O)CN(C)CC(N)c1ccccc1. The zero-order valence-corrected chi connectivity index (χ0v) is 11.2. The molecule has 0 bridgehead atoms. The summed E-state index contributed by atoms with van der Waals surface area (Å²) in [5.41, 5.74) is 7.19. The topological polar surface area (TPSA) is 58.4 Å². The molecule has 3 N–H and O–H groups in total. The van der Waals surface area contributed by atoms with Crippen molar-refractivity contribution in [2.24, 2.45) is 5.73 Å². The van der Waals surface area contributed by atoms with Gasteiger partial charge in [0.15, 0.2) is 0 Å². The largest absolute Gasteiger partial charge is 0.355 e. The van der Waals surface area contributed by atoms with Crippen LogP contribution in [0.3, 0.4) is 0 Å². The Morgan fingerprint density at radius 1 is 1.39 bits per heavy atom. The number of carbonyl (C=O) groups excluding carboxylic acids is 1. The van der Waals surface area contributed by atoms with E-state index in [-0.39, 0.29) is 11.9 Å². The molecule has 0 heterocycles. The second-order valence-corrected chi connectivity index (χ2v) is 4.56. The summed E-state index contributed by atoms with van der Waals surface area (Å²) < 4.78 is 0. The summed E-state index contributed by atoms with van der Waals surface area (Å²) in [6.45, 7) is 3.83. The molecule has 0 aromatic heterocycles. The molecular weight excluding hydrogens is 226 g/mol. The van der Waals surface area contributed by atoms with Crippen molar-refractivity contribution in [3.8, 4) is 0 Å². The van der Waals surface area contributed by atoms with Crippen molar-refractivity contribution in [3.63, 3.8) is 0 Å². The molecule has 0 radical (unpaired) electrons. The number of nitrogens with one attached hydrogen (secondary N) is 1. The second kappa shape index (κ2) is 7.84. The summed E-state index contributed by atoms with van der Waals surface area (Å²) in [5, 5.41) is 2.85. The molecule has 1 atom stereocenters. The molecule has 0 aliphatic rings. The van der Waals surface area contributed by atoms with Crippen LogP contribution in [0.2, 0.25) is 0 Å². The van der Waals surface area contributed by atoms with Gasteiger partial charge in [0.1, 0.15) is 0 Å². The van der Waals surface area contributed by atoms with Crippen molar-refractivity contribution in [2.75, 3.05) is 26.7 Å². The number of hydrogen-bond acceptors (Lipinski definition) is 3. The van der Waals surface area contributed by atoms with Crippen LogP contribution in [0.1, 0.15) is 24.9 Å². The fourth-order valence-electron chi connectivity index (χ4n) is 1.77. The zero-order valence-electron chi connectivity index (χ0n) is 11.2. The molecule has 1 aromatic rings. The maximum atomic E-state index is 11.5. The fraction of sp³-hybridized carbons (Fsp3) is 0.500. The van der Waals surface area contributed by atoms with Gasteiger partial charge in [-0.05, 0) is 19.0 Å². The Bertz CT molecular complexity index is 353. The van der Waals surface area contributed by atoms with Crippen LogP contribution in [0.5, 0.6) is 0 Å². The molecule has 1 aromatic carbocycles. The van der Waals surface area contributed by atoms with Gasteiger partial charge in [-0.2, -0.15) is 0 Å². The Morgan fingerprint density at radius 3 is 2.67 bits per heavy atom. The van der Waals surface area contributed by atoms with Crippen molar-refractivity contribution >= 4 is 5.91 Å². The summed E-state index contributed by atoms with van der Waals surface area (Å²) in [7, 11) is 1.91. The van der Waals surface area contributed by atoms with E-state index >= 15 is 0 Å². The van der Waals surface area contributed by atoms with E-state index in [4.69, 9.17) is 5.73 Å². The van der Waals surface area contributed by atoms with Crippen molar-refractivity contribution in [3.05, 3.63) is 35.9 Å². The highest BCUT2D eigenvalue weighted by molar-refractivity contribution is 5.77. The standard InChI is InChI=1S/C14H23N3O/c1-3-9-16-14(18)11-17(2)10-13(15)12-7-5-4-6-8-12/h4-8,13H,3,9-11,15H2,1-2H3,(H,16,18). The van der Waals surface area contributed by atoms with Gasteiger partial charge in [0.05, 0.1) is 6.54 Å². The normalized spacial score (nSPS) is 12.4. The van der Waals surface area contributed by atoms with Gasteiger partial charge in [0, 0.05) is 19.1 Å². The molecule has 1 amide bonds. The first kappa shape index (κ1) is 14.7. The molecule has 0 fully saturated rings.